The Hall–Kier alpha value is -1.29. The van der Waals surface area contributed by atoms with Crippen molar-refractivity contribution >= 4 is 29.1 Å². The molecular formula is C18H21Cl2NO2. The van der Waals surface area contributed by atoms with Gasteiger partial charge in [-0.2, -0.15) is 0 Å². The van der Waals surface area contributed by atoms with E-state index >= 15 is 0 Å². The molecule has 5 heteroatoms. The van der Waals surface area contributed by atoms with E-state index in [1.165, 1.54) is 0 Å². The highest BCUT2D eigenvalue weighted by Crippen LogP contribution is 2.37. The molecular weight excluding hydrogens is 333 g/mol. The maximum absolute atomic E-state index is 12.6. The van der Waals surface area contributed by atoms with Gasteiger partial charge < -0.3 is 10.1 Å². The zero-order chi connectivity index (χ0) is 16.8. The number of hydrogen-bond acceptors (Lipinski definition) is 2. The fourth-order valence-electron chi connectivity index (χ4n) is 2.55. The normalized spacial score (nSPS) is 17.4. The number of nitrogens with one attached hydrogen (secondary N) is 1. The minimum atomic E-state index is -0.441. The van der Waals surface area contributed by atoms with E-state index in [4.69, 9.17) is 27.9 Å². The lowest BCUT2D eigenvalue weighted by molar-refractivity contribution is -0.118. The Labute approximate surface area is 147 Å². The van der Waals surface area contributed by atoms with Crippen molar-refractivity contribution in [2.45, 2.75) is 32.3 Å². The van der Waals surface area contributed by atoms with Crippen molar-refractivity contribution in [3.05, 3.63) is 57.6 Å². The molecule has 1 aromatic carbocycles. The molecule has 1 amide bonds. The smallest absolute Gasteiger partial charge is 0.250 e. The van der Waals surface area contributed by atoms with Crippen molar-refractivity contribution in [2.24, 2.45) is 0 Å². The molecule has 1 unspecified atom stereocenters. The van der Waals surface area contributed by atoms with Gasteiger partial charge in [-0.05, 0) is 29.7 Å². The van der Waals surface area contributed by atoms with E-state index in [-0.39, 0.29) is 5.91 Å². The number of carbonyl (C=O) groups is 1. The molecule has 1 aliphatic heterocycles. The van der Waals surface area contributed by atoms with Crippen molar-refractivity contribution in [3.8, 4) is 0 Å². The van der Waals surface area contributed by atoms with E-state index in [1.54, 1.807) is 18.2 Å². The van der Waals surface area contributed by atoms with E-state index in [0.717, 1.165) is 30.4 Å². The Bertz CT molecular complexity index is 625. The van der Waals surface area contributed by atoms with Crippen LogP contribution in [0.2, 0.25) is 10.0 Å². The molecule has 0 aromatic heterocycles. The fourth-order valence-corrected chi connectivity index (χ4v) is 2.85. The fraction of sp³-hybridized carbons (Fsp3) is 0.389. The number of hydrogen-bond donors (Lipinski definition) is 1. The van der Waals surface area contributed by atoms with Crippen LogP contribution in [0.15, 0.2) is 42.0 Å². The highest BCUT2D eigenvalue weighted by Gasteiger charge is 2.31. The van der Waals surface area contributed by atoms with Crippen molar-refractivity contribution < 1.29 is 9.53 Å². The molecule has 0 bridgehead atoms. The van der Waals surface area contributed by atoms with Crippen molar-refractivity contribution in [2.75, 3.05) is 13.2 Å². The van der Waals surface area contributed by atoms with E-state index in [0.29, 0.717) is 28.8 Å². The number of benzene rings is 1. The summed E-state index contributed by atoms with van der Waals surface area (Å²) in [6, 6.07) is 5.28. The van der Waals surface area contributed by atoms with Gasteiger partial charge in [-0.25, -0.2) is 0 Å². The SMILES string of the molecule is C=CC1=C(C(=O)NCCCCC)C(c2ccc(Cl)c(Cl)c2)OC1. The topological polar surface area (TPSA) is 38.3 Å². The van der Waals surface area contributed by atoms with E-state index < -0.39 is 6.10 Å². The largest absolute Gasteiger partial charge is 0.364 e. The lowest BCUT2D eigenvalue weighted by Gasteiger charge is -2.16. The summed E-state index contributed by atoms with van der Waals surface area (Å²) >= 11 is 12.0. The average molecular weight is 354 g/mol. The van der Waals surface area contributed by atoms with Crippen LogP contribution in [0, 0.1) is 0 Å². The van der Waals surface area contributed by atoms with Crippen LogP contribution >= 0.6 is 23.2 Å². The molecule has 1 aromatic rings. The molecule has 0 saturated heterocycles. The van der Waals surface area contributed by atoms with Gasteiger partial charge in [-0.15, -0.1) is 0 Å². The molecule has 23 heavy (non-hydrogen) atoms. The van der Waals surface area contributed by atoms with Gasteiger partial charge in [0, 0.05) is 6.54 Å². The van der Waals surface area contributed by atoms with Crippen molar-refractivity contribution in [3.63, 3.8) is 0 Å². The standard InChI is InChI=1S/C18H21Cl2NO2/c1-3-5-6-9-21-18(22)16-12(4-2)11-23-17(16)13-7-8-14(19)15(20)10-13/h4,7-8,10,17H,2-3,5-6,9,11H2,1H3,(H,21,22). The molecule has 1 aliphatic rings. The van der Waals surface area contributed by atoms with Crippen LogP contribution in [0.1, 0.15) is 37.9 Å². The zero-order valence-corrected chi connectivity index (χ0v) is 14.7. The maximum Gasteiger partial charge on any atom is 0.250 e. The first kappa shape index (κ1) is 18.1. The Morgan fingerprint density at radius 2 is 2.17 bits per heavy atom. The first-order valence-electron chi connectivity index (χ1n) is 7.78. The number of ether oxygens (including phenoxy) is 1. The average Bonchev–Trinajstić information content (AvgIpc) is 2.98. The molecule has 0 radical (unpaired) electrons. The summed E-state index contributed by atoms with van der Waals surface area (Å²) in [5, 5.41) is 3.89. The monoisotopic (exact) mass is 353 g/mol. The highest BCUT2D eigenvalue weighted by atomic mass is 35.5. The molecule has 3 nitrogen and oxygen atoms in total. The molecule has 124 valence electrons. The van der Waals surface area contributed by atoms with Crippen LogP contribution in [0.3, 0.4) is 0 Å². The van der Waals surface area contributed by atoms with Gasteiger partial charge >= 0.3 is 0 Å². The van der Waals surface area contributed by atoms with Crippen molar-refractivity contribution in [1.29, 1.82) is 0 Å². The second kappa shape index (κ2) is 8.53. The van der Waals surface area contributed by atoms with Gasteiger partial charge in [0.25, 0.3) is 5.91 Å². The van der Waals surface area contributed by atoms with Crippen molar-refractivity contribution in [1.82, 2.24) is 5.32 Å². The maximum atomic E-state index is 12.6. The molecule has 0 saturated carbocycles. The van der Waals surface area contributed by atoms with Crippen LogP contribution in [-0.2, 0) is 9.53 Å². The van der Waals surface area contributed by atoms with Gasteiger partial charge in [0.15, 0.2) is 0 Å². The van der Waals surface area contributed by atoms with Gasteiger partial charge in [0.05, 0.1) is 22.2 Å². The third kappa shape index (κ3) is 4.37. The second-order valence-corrected chi connectivity index (χ2v) is 6.29. The van der Waals surface area contributed by atoms with Crippen LogP contribution in [0.4, 0.5) is 0 Å². The summed E-state index contributed by atoms with van der Waals surface area (Å²) < 4.78 is 5.79. The van der Waals surface area contributed by atoms with E-state index in [9.17, 15) is 4.79 Å². The van der Waals surface area contributed by atoms with Crippen LogP contribution in [-0.4, -0.2) is 19.1 Å². The van der Waals surface area contributed by atoms with Crippen LogP contribution < -0.4 is 5.32 Å². The summed E-state index contributed by atoms with van der Waals surface area (Å²) in [5.41, 5.74) is 2.24. The number of rotatable bonds is 7. The molecule has 1 heterocycles. The van der Waals surface area contributed by atoms with Crippen LogP contribution in [0.25, 0.3) is 0 Å². The van der Waals surface area contributed by atoms with Gasteiger partial charge in [0.1, 0.15) is 6.10 Å². The molecule has 1 atom stereocenters. The summed E-state index contributed by atoms with van der Waals surface area (Å²) in [6.07, 6.45) is 4.42. The summed E-state index contributed by atoms with van der Waals surface area (Å²) in [5.74, 6) is -0.107. The van der Waals surface area contributed by atoms with E-state index in [1.807, 2.05) is 6.07 Å². The number of carbonyl (C=O) groups excluding carboxylic acids is 1. The van der Waals surface area contributed by atoms with E-state index in [2.05, 4.69) is 18.8 Å². The second-order valence-electron chi connectivity index (χ2n) is 5.47. The molecule has 2 rings (SSSR count). The summed E-state index contributed by atoms with van der Waals surface area (Å²) in [7, 11) is 0. The lowest BCUT2D eigenvalue weighted by atomic mass is 9.98. The van der Waals surface area contributed by atoms with Gasteiger partial charge in [-0.1, -0.05) is 61.7 Å². The minimum absolute atomic E-state index is 0.107. The molecule has 0 spiro atoms. The van der Waals surface area contributed by atoms with Gasteiger partial charge in [-0.3, -0.25) is 4.79 Å². The molecule has 1 N–H and O–H groups in total. The number of halogens is 2. The Morgan fingerprint density at radius 1 is 1.39 bits per heavy atom. The lowest BCUT2D eigenvalue weighted by Crippen LogP contribution is -2.28. The summed E-state index contributed by atoms with van der Waals surface area (Å²) in [6.45, 7) is 6.94. The van der Waals surface area contributed by atoms with Gasteiger partial charge in [0.2, 0.25) is 0 Å². The number of unbranched alkanes of at least 4 members (excludes halogenated alkanes) is 2. The van der Waals surface area contributed by atoms with Crippen LogP contribution in [0.5, 0.6) is 0 Å². The Morgan fingerprint density at radius 3 is 2.83 bits per heavy atom. The minimum Gasteiger partial charge on any atom is -0.364 e. The predicted molar refractivity (Wildman–Crippen MR) is 94.9 cm³/mol. The zero-order valence-electron chi connectivity index (χ0n) is 13.2. The molecule has 0 fully saturated rings. The third-order valence-corrected chi connectivity index (χ3v) is 4.56. The number of amides is 1. The quantitative estimate of drug-likeness (QED) is 0.711. The third-order valence-electron chi connectivity index (χ3n) is 3.82. The Kier molecular flexibility index (Phi) is 6.70. The summed E-state index contributed by atoms with van der Waals surface area (Å²) in [4.78, 5) is 12.6. The Balaban J connectivity index is 2.19. The first-order valence-corrected chi connectivity index (χ1v) is 8.54. The predicted octanol–water partition coefficient (Wildman–Crippen LogP) is 4.85. The molecule has 0 aliphatic carbocycles. The first-order chi connectivity index (χ1) is 11.1. The highest BCUT2D eigenvalue weighted by molar-refractivity contribution is 6.42.